The van der Waals surface area contributed by atoms with Crippen molar-refractivity contribution >= 4 is 44.8 Å². The van der Waals surface area contributed by atoms with Crippen LogP contribution in [0.3, 0.4) is 0 Å². The lowest BCUT2D eigenvalue weighted by molar-refractivity contribution is -0.132. The van der Waals surface area contributed by atoms with Gasteiger partial charge in [-0.3, -0.25) is 14.5 Å². The molecule has 0 spiro atoms. The van der Waals surface area contributed by atoms with Gasteiger partial charge in [0, 0.05) is 35.5 Å². The first kappa shape index (κ1) is 22.8. The van der Waals surface area contributed by atoms with Gasteiger partial charge in [-0.2, -0.15) is 0 Å². The van der Waals surface area contributed by atoms with Gasteiger partial charge in [0.05, 0.1) is 11.6 Å². The maximum atomic E-state index is 13.3. The van der Waals surface area contributed by atoms with E-state index >= 15 is 0 Å². The Morgan fingerprint density at radius 2 is 1.67 bits per heavy atom. The quantitative estimate of drug-likeness (QED) is 0.278. The van der Waals surface area contributed by atoms with Crippen molar-refractivity contribution in [2.24, 2.45) is 0 Å². The first-order valence-corrected chi connectivity index (χ1v) is 11.4. The van der Waals surface area contributed by atoms with Gasteiger partial charge in [0.15, 0.2) is 0 Å². The Labute approximate surface area is 202 Å². The predicted octanol–water partition coefficient (Wildman–Crippen LogP) is 5.76. The van der Waals surface area contributed by atoms with Crippen molar-refractivity contribution in [1.82, 2.24) is 0 Å². The lowest BCUT2D eigenvalue weighted by Crippen LogP contribution is -2.29. The summed E-state index contributed by atoms with van der Waals surface area (Å²) in [4.78, 5) is 30.0. The predicted molar refractivity (Wildman–Crippen MR) is 136 cm³/mol. The summed E-state index contributed by atoms with van der Waals surface area (Å²) in [6.45, 7) is 3.84. The van der Waals surface area contributed by atoms with Gasteiger partial charge in [0.2, 0.25) is 0 Å². The molecule has 1 unspecified atom stereocenters. The van der Waals surface area contributed by atoms with E-state index in [0.717, 1.165) is 26.9 Å². The molecule has 1 saturated heterocycles. The van der Waals surface area contributed by atoms with E-state index in [1.54, 1.807) is 12.1 Å². The van der Waals surface area contributed by atoms with Crippen LogP contribution >= 0.6 is 15.9 Å². The summed E-state index contributed by atoms with van der Waals surface area (Å²) in [6, 6.07) is 19.8. The summed E-state index contributed by atoms with van der Waals surface area (Å²) in [5.74, 6) is -1.53. The summed E-state index contributed by atoms with van der Waals surface area (Å²) < 4.78 is 0.898. The molecule has 0 radical (unpaired) electrons. The van der Waals surface area contributed by atoms with Crippen LogP contribution in [0.15, 0.2) is 76.8 Å². The number of aliphatic hydroxyl groups excluding tert-OH is 1. The number of rotatable bonds is 4. The first-order valence-electron chi connectivity index (χ1n) is 10.6. The molecule has 5 nitrogen and oxygen atoms in total. The third-order valence-corrected chi connectivity index (χ3v) is 6.77. The minimum Gasteiger partial charge on any atom is -0.507 e. The molecule has 1 aliphatic heterocycles. The fourth-order valence-corrected chi connectivity index (χ4v) is 4.34. The molecule has 1 N–H and O–H groups in total. The molecule has 3 aromatic carbocycles. The zero-order valence-corrected chi connectivity index (χ0v) is 20.6. The molecular formula is C27H25BrN2O3. The summed E-state index contributed by atoms with van der Waals surface area (Å²) in [5, 5.41) is 11.3. The fourth-order valence-electron chi connectivity index (χ4n) is 4.09. The van der Waals surface area contributed by atoms with Crippen LogP contribution in [0.25, 0.3) is 5.76 Å². The molecule has 1 aliphatic rings. The molecule has 168 valence electrons. The maximum Gasteiger partial charge on any atom is 0.300 e. The van der Waals surface area contributed by atoms with Crippen LogP contribution in [0.2, 0.25) is 0 Å². The number of carbonyl (C=O) groups is 2. The average Bonchev–Trinajstić information content (AvgIpc) is 3.06. The number of amides is 1. The van der Waals surface area contributed by atoms with E-state index in [1.807, 2.05) is 87.4 Å². The highest BCUT2D eigenvalue weighted by atomic mass is 79.9. The van der Waals surface area contributed by atoms with Crippen molar-refractivity contribution < 1.29 is 14.7 Å². The highest BCUT2D eigenvalue weighted by molar-refractivity contribution is 9.10. The number of anilines is 2. The topological polar surface area (TPSA) is 60.9 Å². The van der Waals surface area contributed by atoms with Gasteiger partial charge in [-0.25, -0.2) is 0 Å². The number of aryl methyl sites for hydroxylation is 2. The van der Waals surface area contributed by atoms with Gasteiger partial charge in [0.25, 0.3) is 11.7 Å². The van der Waals surface area contributed by atoms with E-state index in [2.05, 4.69) is 15.9 Å². The molecule has 0 saturated carbocycles. The van der Waals surface area contributed by atoms with Crippen LogP contribution in [0.4, 0.5) is 11.4 Å². The highest BCUT2D eigenvalue weighted by Crippen LogP contribution is 2.42. The molecule has 1 amide bonds. The highest BCUT2D eigenvalue weighted by Gasteiger charge is 2.47. The Kier molecular flexibility index (Phi) is 6.13. The Bertz CT molecular complexity index is 1280. The Morgan fingerprint density at radius 1 is 0.970 bits per heavy atom. The molecule has 1 fully saturated rings. The number of aliphatic hydroxyl groups is 1. The van der Waals surface area contributed by atoms with Gasteiger partial charge >= 0.3 is 0 Å². The largest absolute Gasteiger partial charge is 0.507 e. The number of ketones is 1. The van der Waals surface area contributed by atoms with Crippen molar-refractivity contribution in [2.75, 3.05) is 23.9 Å². The molecule has 6 heteroatoms. The standard InChI is InChI=1S/C27H25BrN2O3/c1-16-6-5-7-21(14-16)30-24(18-8-11-20(12-9-18)29(3)4)23(26(32)27(30)33)25(31)19-10-13-22(28)17(2)15-19/h5-15,24,31H,1-4H3/b25-23-. The Morgan fingerprint density at radius 3 is 2.27 bits per heavy atom. The van der Waals surface area contributed by atoms with E-state index < -0.39 is 17.7 Å². The number of hydrogen-bond donors (Lipinski definition) is 1. The number of benzene rings is 3. The van der Waals surface area contributed by atoms with Crippen LogP contribution in [0, 0.1) is 13.8 Å². The van der Waals surface area contributed by atoms with Gasteiger partial charge in [0.1, 0.15) is 5.76 Å². The zero-order chi connectivity index (χ0) is 23.9. The minimum atomic E-state index is -0.744. The van der Waals surface area contributed by atoms with Crippen molar-refractivity contribution in [3.05, 3.63) is 99.0 Å². The van der Waals surface area contributed by atoms with Crippen molar-refractivity contribution in [3.8, 4) is 0 Å². The zero-order valence-electron chi connectivity index (χ0n) is 19.0. The summed E-state index contributed by atoms with van der Waals surface area (Å²) in [7, 11) is 3.90. The molecular weight excluding hydrogens is 480 g/mol. The van der Waals surface area contributed by atoms with E-state index in [-0.39, 0.29) is 11.3 Å². The fraction of sp³-hybridized carbons (Fsp3) is 0.185. The van der Waals surface area contributed by atoms with E-state index in [0.29, 0.717) is 11.3 Å². The smallest absolute Gasteiger partial charge is 0.300 e. The Balaban J connectivity index is 1.94. The second-order valence-electron chi connectivity index (χ2n) is 8.46. The molecule has 0 aliphatic carbocycles. The number of hydrogen-bond acceptors (Lipinski definition) is 4. The normalized spacial score (nSPS) is 17.5. The van der Waals surface area contributed by atoms with Gasteiger partial charge in [-0.15, -0.1) is 0 Å². The van der Waals surface area contributed by atoms with Crippen molar-refractivity contribution in [3.63, 3.8) is 0 Å². The molecule has 0 aromatic heterocycles. The second kappa shape index (κ2) is 8.87. The summed E-state index contributed by atoms with van der Waals surface area (Å²) >= 11 is 3.47. The van der Waals surface area contributed by atoms with Crippen molar-refractivity contribution in [1.29, 1.82) is 0 Å². The number of nitrogens with zero attached hydrogens (tertiary/aromatic N) is 2. The summed E-state index contributed by atoms with van der Waals surface area (Å²) in [6.07, 6.45) is 0. The Hall–Kier alpha value is -3.38. The van der Waals surface area contributed by atoms with E-state index in [9.17, 15) is 14.7 Å². The lowest BCUT2D eigenvalue weighted by Gasteiger charge is -2.26. The van der Waals surface area contributed by atoms with Crippen LogP contribution in [-0.2, 0) is 9.59 Å². The van der Waals surface area contributed by atoms with Crippen LogP contribution in [0.1, 0.15) is 28.3 Å². The monoisotopic (exact) mass is 504 g/mol. The summed E-state index contributed by atoms with van der Waals surface area (Å²) in [5.41, 5.74) is 4.82. The van der Waals surface area contributed by atoms with Crippen LogP contribution in [0.5, 0.6) is 0 Å². The van der Waals surface area contributed by atoms with E-state index in [4.69, 9.17) is 0 Å². The second-order valence-corrected chi connectivity index (χ2v) is 9.31. The molecule has 1 heterocycles. The molecule has 0 bridgehead atoms. The molecule has 1 atom stereocenters. The first-order chi connectivity index (χ1) is 15.7. The molecule has 3 aromatic rings. The third kappa shape index (κ3) is 4.18. The SMILES string of the molecule is Cc1cccc(N2C(=O)C(=O)/C(=C(\O)c3ccc(Br)c(C)c3)C2c2ccc(N(C)C)cc2)c1. The van der Waals surface area contributed by atoms with Crippen LogP contribution in [-0.4, -0.2) is 30.9 Å². The average molecular weight is 505 g/mol. The van der Waals surface area contributed by atoms with Crippen molar-refractivity contribution in [2.45, 2.75) is 19.9 Å². The number of halogens is 1. The molecule has 33 heavy (non-hydrogen) atoms. The minimum absolute atomic E-state index is 0.0841. The van der Waals surface area contributed by atoms with Gasteiger partial charge in [-0.1, -0.05) is 46.3 Å². The number of carbonyl (C=O) groups excluding carboxylic acids is 2. The number of Topliss-reactive ketones (excluding diaryl/α,β-unsaturated/α-hetero) is 1. The lowest BCUT2D eigenvalue weighted by atomic mass is 9.94. The van der Waals surface area contributed by atoms with Crippen LogP contribution < -0.4 is 9.80 Å². The third-order valence-electron chi connectivity index (χ3n) is 5.88. The van der Waals surface area contributed by atoms with Gasteiger partial charge < -0.3 is 10.0 Å². The molecule has 4 rings (SSSR count). The van der Waals surface area contributed by atoms with Gasteiger partial charge in [-0.05, 0) is 66.9 Å². The van der Waals surface area contributed by atoms with E-state index in [1.165, 1.54) is 4.90 Å². The maximum absolute atomic E-state index is 13.3.